The quantitative estimate of drug-likeness (QED) is 0.355. The van der Waals surface area contributed by atoms with Crippen molar-refractivity contribution in [2.75, 3.05) is 15.9 Å². The molecule has 0 radical (unpaired) electrons. The van der Waals surface area contributed by atoms with E-state index in [1.807, 2.05) is 73.7 Å². The number of aryl methyl sites for hydroxylation is 2. The maximum atomic E-state index is 12.8. The second-order valence-electron chi connectivity index (χ2n) is 8.09. The van der Waals surface area contributed by atoms with Crippen molar-refractivity contribution in [1.29, 1.82) is 0 Å². The lowest BCUT2D eigenvalue weighted by Gasteiger charge is -2.22. The monoisotopic (exact) mass is 478 g/mol. The summed E-state index contributed by atoms with van der Waals surface area (Å²) in [4.78, 5) is 13.4. The Bertz CT molecular complexity index is 1390. The fourth-order valence-electron chi connectivity index (χ4n) is 3.57. The fraction of sp³-hybridized carbons (Fsp3) is 0.192. The third-order valence-corrected chi connectivity index (χ3v) is 7.73. The number of nitrogens with one attached hydrogen (secondary N) is 1. The molecule has 7 heteroatoms. The number of hydrogen-bond acceptors (Lipinski definition) is 4. The van der Waals surface area contributed by atoms with Crippen molar-refractivity contribution in [3.8, 4) is 0 Å². The number of fused-ring (bicyclic) bond motifs is 1. The highest BCUT2D eigenvalue weighted by Crippen LogP contribution is 2.31. The van der Waals surface area contributed by atoms with Gasteiger partial charge in [0.2, 0.25) is 10.0 Å². The highest BCUT2D eigenvalue weighted by molar-refractivity contribution is 7.92. The standard InChI is InChI=1S/C26H26N2O3S2/c1-4-19-9-11-22(12-10-19)27-26(29)25-16-21-15-23(13-14-24(21)32-25)28(33(3,30)31)17-20-7-5-18(2)6-8-20/h5-16H,4,17H2,1-3H3,(H,27,29). The molecule has 0 aliphatic heterocycles. The van der Waals surface area contributed by atoms with Crippen molar-refractivity contribution in [2.24, 2.45) is 0 Å². The van der Waals surface area contributed by atoms with Gasteiger partial charge in [-0.2, -0.15) is 0 Å². The number of benzene rings is 3. The van der Waals surface area contributed by atoms with E-state index in [1.54, 1.807) is 6.07 Å². The molecule has 1 N–H and O–H groups in total. The minimum absolute atomic E-state index is 0.179. The van der Waals surface area contributed by atoms with Crippen LogP contribution < -0.4 is 9.62 Å². The summed E-state index contributed by atoms with van der Waals surface area (Å²) in [5.41, 5.74) is 4.56. The van der Waals surface area contributed by atoms with Crippen LogP contribution in [0, 0.1) is 6.92 Å². The molecule has 0 saturated carbocycles. The van der Waals surface area contributed by atoms with Gasteiger partial charge in [-0.15, -0.1) is 11.3 Å². The van der Waals surface area contributed by atoms with Gasteiger partial charge in [-0.05, 0) is 66.3 Å². The van der Waals surface area contributed by atoms with Crippen molar-refractivity contribution in [1.82, 2.24) is 0 Å². The summed E-state index contributed by atoms with van der Waals surface area (Å²) >= 11 is 1.39. The third kappa shape index (κ3) is 5.43. The number of anilines is 2. The second kappa shape index (κ2) is 9.37. The molecule has 5 nitrogen and oxygen atoms in total. The van der Waals surface area contributed by atoms with E-state index in [-0.39, 0.29) is 12.5 Å². The molecule has 1 aromatic heterocycles. The zero-order valence-corrected chi connectivity index (χ0v) is 20.5. The third-order valence-electron chi connectivity index (χ3n) is 5.48. The van der Waals surface area contributed by atoms with Crippen LogP contribution in [-0.4, -0.2) is 20.6 Å². The van der Waals surface area contributed by atoms with E-state index in [1.165, 1.54) is 27.5 Å². The summed E-state index contributed by atoms with van der Waals surface area (Å²) in [6.07, 6.45) is 2.16. The van der Waals surface area contributed by atoms with Gasteiger partial charge in [0.15, 0.2) is 0 Å². The summed E-state index contributed by atoms with van der Waals surface area (Å²) in [5.74, 6) is -0.179. The molecule has 0 bridgehead atoms. The Morgan fingerprint density at radius 3 is 2.24 bits per heavy atom. The Balaban J connectivity index is 1.60. The first-order valence-corrected chi connectivity index (χ1v) is 13.4. The lowest BCUT2D eigenvalue weighted by Crippen LogP contribution is -2.29. The number of nitrogens with zero attached hydrogens (tertiary/aromatic N) is 1. The van der Waals surface area contributed by atoms with Gasteiger partial charge < -0.3 is 5.32 Å². The molecule has 0 fully saturated rings. The summed E-state index contributed by atoms with van der Waals surface area (Å²) < 4.78 is 27.4. The minimum atomic E-state index is -3.49. The molecule has 0 spiro atoms. The highest BCUT2D eigenvalue weighted by Gasteiger charge is 2.19. The molecule has 33 heavy (non-hydrogen) atoms. The molecular weight excluding hydrogens is 452 g/mol. The summed E-state index contributed by atoms with van der Waals surface area (Å²) in [7, 11) is -3.49. The van der Waals surface area contributed by atoms with Crippen LogP contribution in [0.4, 0.5) is 11.4 Å². The predicted molar refractivity (Wildman–Crippen MR) is 138 cm³/mol. The average Bonchev–Trinajstić information content (AvgIpc) is 3.22. The fourth-order valence-corrected chi connectivity index (χ4v) is 5.39. The van der Waals surface area contributed by atoms with Crippen LogP contribution in [0.2, 0.25) is 0 Å². The van der Waals surface area contributed by atoms with Gasteiger partial charge >= 0.3 is 0 Å². The smallest absolute Gasteiger partial charge is 0.265 e. The molecule has 3 aromatic carbocycles. The van der Waals surface area contributed by atoms with E-state index in [0.717, 1.165) is 33.3 Å². The van der Waals surface area contributed by atoms with Crippen LogP contribution in [0.5, 0.6) is 0 Å². The van der Waals surface area contributed by atoms with Crippen molar-refractivity contribution in [2.45, 2.75) is 26.8 Å². The molecule has 0 saturated heterocycles. The summed E-state index contributed by atoms with van der Waals surface area (Å²) in [6.45, 7) is 4.33. The Morgan fingerprint density at radius 2 is 1.61 bits per heavy atom. The molecule has 0 aliphatic rings. The predicted octanol–water partition coefficient (Wildman–Crippen LogP) is 5.99. The Labute approximate surface area is 198 Å². The molecule has 4 rings (SSSR count). The van der Waals surface area contributed by atoms with Crippen molar-refractivity contribution in [3.05, 3.63) is 94.4 Å². The number of carbonyl (C=O) groups excluding carboxylic acids is 1. The van der Waals surface area contributed by atoms with E-state index in [4.69, 9.17) is 0 Å². The van der Waals surface area contributed by atoms with Crippen molar-refractivity contribution in [3.63, 3.8) is 0 Å². The van der Waals surface area contributed by atoms with E-state index in [9.17, 15) is 13.2 Å². The zero-order chi connectivity index (χ0) is 23.6. The zero-order valence-electron chi connectivity index (χ0n) is 18.8. The van der Waals surface area contributed by atoms with Gasteiger partial charge in [0.05, 0.1) is 23.4 Å². The normalized spacial score (nSPS) is 11.5. The summed E-state index contributed by atoms with van der Waals surface area (Å²) in [5, 5.41) is 3.77. The van der Waals surface area contributed by atoms with Gasteiger partial charge in [0, 0.05) is 10.4 Å². The molecule has 0 aliphatic carbocycles. The Kier molecular flexibility index (Phi) is 6.54. The molecule has 0 atom stereocenters. The summed E-state index contributed by atoms with van der Waals surface area (Å²) in [6, 6.07) is 22.9. The maximum Gasteiger partial charge on any atom is 0.265 e. The Hall–Kier alpha value is -3.16. The van der Waals surface area contributed by atoms with Crippen LogP contribution in [0.1, 0.15) is 33.3 Å². The largest absolute Gasteiger partial charge is 0.321 e. The van der Waals surface area contributed by atoms with Crippen LogP contribution in [0.25, 0.3) is 10.1 Å². The topological polar surface area (TPSA) is 66.5 Å². The van der Waals surface area contributed by atoms with Gasteiger partial charge in [-0.3, -0.25) is 9.10 Å². The first-order valence-electron chi connectivity index (χ1n) is 10.7. The van der Waals surface area contributed by atoms with Gasteiger partial charge in [0.1, 0.15) is 0 Å². The maximum absolute atomic E-state index is 12.8. The molecule has 0 unspecified atom stereocenters. The molecule has 4 aromatic rings. The Morgan fingerprint density at radius 1 is 0.939 bits per heavy atom. The number of hydrogen-bond donors (Lipinski definition) is 1. The second-order valence-corrected chi connectivity index (χ2v) is 11.1. The van der Waals surface area contributed by atoms with E-state index < -0.39 is 10.0 Å². The van der Waals surface area contributed by atoms with Gasteiger partial charge in [-0.25, -0.2) is 8.42 Å². The SMILES string of the molecule is CCc1ccc(NC(=O)c2cc3cc(N(Cc4ccc(C)cc4)S(C)(=O)=O)ccc3s2)cc1. The van der Waals surface area contributed by atoms with Crippen molar-refractivity contribution < 1.29 is 13.2 Å². The van der Waals surface area contributed by atoms with E-state index >= 15 is 0 Å². The van der Waals surface area contributed by atoms with Gasteiger partial charge in [-0.1, -0.05) is 48.9 Å². The number of carbonyl (C=O) groups is 1. The highest BCUT2D eigenvalue weighted by atomic mass is 32.2. The number of thiophene rings is 1. The minimum Gasteiger partial charge on any atom is -0.321 e. The first-order chi connectivity index (χ1) is 15.7. The average molecular weight is 479 g/mol. The van der Waals surface area contributed by atoms with Crippen LogP contribution >= 0.6 is 11.3 Å². The van der Waals surface area contributed by atoms with Gasteiger partial charge in [0.25, 0.3) is 5.91 Å². The van der Waals surface area contributed by atoms with E-state index in [0.29, 0.717) is 10.6 Å². The van der Waals surface area contributed by atoms with Crippen LogP contribution in [0.15, 0.2) is 72.8 Å². The van der Waals surface area contributed by atoms with Crippen molar-refractivity contribution >= 4 is 48.7 Å². The number of sulfonamides is 1. The lowest BCUT2D eigenvalue weighted by atomic mass is 10.1. The van der Waals surface area contributed by atoms with Crippen LogP contribution in [-0.2, 0) is 23.0 Å². The van der Waals surface area contributed by atoms with Crippen LogP contribution in [0.3, 0.4) is 0 Å². The van der Waals surface area contributed by atoms with E-state index in [2.05, 4.69) is 12.2 Å². The molecule has 170 valence electrons. The molecule has 1 amide bonds. The molecular formula is C26H26N2O3S2. The first kappa shape index (κ1) is 23.0. The number of rotatable bonds is 7. The lowest BCUT2D eigenvalue weighted by molar-refractivity contribution is 0.103. The molecule has 1 heterocycles. The number of amides is 1.